The van der Waals surface area contributed by atoms with Crippen molar-refractivity contribution in [3.05, 3.63) is 58.7 Å². The van der Waals surface area contributed by atoms with E-state index in [9.17, 15) is 0 Å². The van der Waals surface area contributed by atoms with Crippen LogP contribution in [0.15, 0.2) is 42.5 Å². The lowest BCUT2D eigenvalue weighted by molar-refractivity contribution is 0.698. The summed E-state index contributed by atoms with van der Waals surface area (Å²) < 4.78 is 0. The van der Waals surface area contributed by atoms with Gasteiger partial charge in [-0.3, -0.25) is 5.10 Å². The van der Waals surface area contributed by atoms with E-state index in [1.807, 2.05) is 43.3 Å². The van der Waals surface area contributed by atoms with Gasteiger partial charge in [-0.2, -0.15) is 5.10 Å². The van der Waals surface area contributed by atoms with Gasteiger partial charge in [-0.1, -0.05) is 35.1 Å². The van der Waals surface area contributed by atoms with Crippen LogP contribution in [-0.2, 0) is 6.42 Å². The van der Waals surface area contributed by atoms with Gasteiger partial charge in [0.25, 0.3) is 0 Å². The van der Waals surface area contributed by atoms with Gasteiger partial charge in [-0.25, -0.2) is 0 Å². The zero-order valence-corrected chi connectivity index (χ0v) is 16.3. The topological polar surface area (TPSA) is 92.5 Å². The van der Waals surface area contributed by atoms with Crippen LogP contribution in [0.3, 0.4) is 0 Å². The van der Waals surface area contributed by atoms with Crippen LogP contribution in [0.2, 0.25) is 5.02 Å². The van der Waals surface area contributed by atoms with Crippen molar-refractivity contribution in [3.63, 3.8) is 0 Å². The molecule has 0 amide bonds. The van der Waals surface area contributed by atoms with E-state index in [0.717, 1.165) is 49.3 Å². The summed E-state index contributed by atoms with van der Waals surface area (Å²) >= 11 is 7.43. The molecule has 0 spiro atoms. The molecule has 138 valence electrons. The second-order valence-electron chi connectivity index (χ2n) is 6.46. The summed E-state index contributed by atoms with van der Waals surface area (Å²) in [7, 11) is 0. The first-order valence-electron chi connectivity index (χ1n) is 8.61. The summed E-state index contributed by atoms with van der Waals surface area (Å²) in [5.41, 5.74) is 10.4. The zero-order valence-electron chi connectivity index (χ0n) is 14.7. The highest BCUT2D eigenvalue weighted by atomic mass is 35.5. The number of nitrogens with zero attached hydrogens (tertiary/aromatic N) is 3. The number of halogens is 1. The number of aromatic nitrogens is 4. The number of rotatable bonds is 6. The molecular weight excluding hydrogens is 380 g/mol. The van der Waals surface area contributed by atoms with Crippen LogP contribution in [-0.4, -0.2) is 33.0 Å². The summed E-state index contributed by atoms with van der Waals surface area (Å²) in [6.07, 6.45) is 0.770. The first kappa shape index (κ1) is 17.9. The molecule has 0 aliphatic carbocycles. The molecule has 0 unspecified atom stereocenters. The van der Waals surface area contributed by atoms with Crippen molar-refractivity contribution in [2.45, 2.75) is 19.4 Å². The number of fused-ring (bicyclic) bond motifs is 1. The summed E-state index contributed by atoms with van der Waals surface area (Å²) in [6, 6.07) is 13.8. The minimum atomic E-state index is -0.0246. The first-order valence-corrected chi connectivity index (χ1v) is 9.80. The van der Waals surface area contributed by atoms with Crippen LogP contribution in [0, 0.1) is 6.92 Å². The van der Waals surface area contributed by atoms with Gasteiger partial charge in [0, 0.05) is 34.3 Å². The number of benzene rings is 2. The summed E-state index contributed by atoms with van der Waals surface area (Å²) in [6.45, 7) is 2.63. The lowest BCUT2D eigenvalue weighted by atomic mass is 10.1. The molecule has 0 fully saturated rings. The minimum absolute atomic E-state index is 0.0246. The third-order valence-corrected chi connectivity index (χ3v) is 5.53. The Balaban J connectivity index is 1.40. The van der Waals surface area contributed by atoms with Crippen LogP contribution >= 0.6 is 22.9 Å². The van der Waals surface area contributed by atoms with Gasteiger partial charge in [0.05, 0.1) is 5.52 Å². The number of aryl methyl sites for hydroxylation is 1. The Morgan fingerprint density at radius 2 is 2.00 bits per heavy atom. The van der Waals surface area contributed by atoms with Crippen molar-refractivity contribution < 1.29 is 0 Å². The molecular formula is C19H19ClN6S. The second-order valence-corrected chi connectivity index (χ2v) is 7.88. The molecule has 1 atom stereocenters. The summed E-state index contributed by atoms with van der Waals surface area (Å²) in [4.78, 5) is 0. The number of aromatic amines is 1. The van der Waals surface area contributed by atoms with Crippen molar-refractivity contribution in [1.82, 2.24) is 20.4 Å². The van der Waals surface area contributed by atoms with Crippen molar-refractivity contribution in [1.29, 1.82) is 0 Å². The quantitative estimate of drug-likeness (QED) is 0.456. The predicted molar refractivity (Wildman–Crippen MR) is 111 cm³/mol. The molecule has 8 heteroatoms. The largest absolute Gasteiger partial charge is 0.359 e. The molecule has 0 radical (unpaired) electrons. The fraction of sp³-hybridized carbons (Fsp3) is 0.211. The zero-order chi connectivity index (χ0) is 18.8. The van der Waals surface area contributed by atoms with Crippen molar-refractivity contribution in [2.24, 2.45) is 5.73 Å². The SMILES string of the molecule is Cc1[nH]nc2ccc(-c3nnc(NC[C@@H](N)Cc4ccc(Cl)cc4)s3)cc12. The number of nitrogens with two attached hydrogens (primary N) is 1. The third kappa shape index (κ3) is 4.10. The minimum Gasteiger partial charge on any atom is -0.359 e. The summed E-state index contributed by atoms with van der Waals surface area (Å²) in [5.74, 6) is 0. The van der Waals surface area contributed by atoms with Gasteiger partial charge in [0.2, 0.25) is 5.13 Å². The number of hydrogen-bond acceptors (Lipinski definition) is 6. The number of hydrogen-bond donors (Lipinski definition) is 3. The molecule has 0 aliphatic heterocycles. The number of H-pyrrole nitrogens is 1. The van der Waals surface area contributed by atoms with Gasteiger partial charge in [0.1, 0.15) is 5.01 Å². The van der Waals surface area contributed by atoms with Crippen LogP contribution in [0.1, 0.15) is 11.3 Å². The summed E-state index contributed by atoms with van der Waals surface area (Å²) in [5, 5.41) is 22.5. The average Bonchev–Trinajstić information content (AvgIpc) is 3.29. The number of nitrogens with one attached hydrogen (secondary N) is 2. The van der Waals surface area contributed by atoms with Crippen molar-refractivity contribution in [2.75, 3.05) is 11.9 Å². The molecule has 0 aliphatic rings. The highest BCUT2D eigenvalue weighted by molar-refractivity contribution is 7.18. The van der Waals surface area contributed by atoms with Gasteiger partial charge in [-0.15, -0.1) is 10.2 Å². The van der Waals surface area contributed by atoms with E-state index in [-0.39, 0.29) is 6.04 Å². The Kier molecular flexibility index (Phi) is 5.07. The van der Waals surface area contributed by atoms with Crippen LogP contribution in [0.5, 0.6) is 0 Å². The monoisotopic (exact) mass is 398 g/mol. The van der Waals surface area contributed by atoms with E-state index in [0.29, 0.717) is 6.54 Å². The molecule has 0 saturated heterocycles. The fourth-order valence-electron chi connectivity index (χ4n) is 2.90. The highest BCUT2D eigenvalue weighted by Crippen LogP contribution is 2.29. The van der Waals surface area contributed by atoms with Gasteiger partial charge < -0.3 is 11.1 Å². The van der Waals surface area contributed by atoms with E-state index in [2.05, 4.69) is 31.8 Å². The lowest BCUT2D eigenvalue weighted by Gasteiger charge is -2.12. The molecule has 0 saturated carbocycles. The van der Waals surface area contributed by atoms with Crippen LogP contribution < -0.4 is 11.1 Å². The molecule has 4 aromatic rings. The molecule has 2 heterocycles. The van der Waals surface area contributed by atoms with E-state index in [4.69, 9.17) is 17.3 Å². The Labute approximate surface area is 165 Å². The number of anilines is 1. The maximum Gasteiger partial charge on any atom is 0.206 e. The Morgan fingerprint density at radius 1 is 1.19 bits per heavy atom. The van der Waals surface area contributed by atoms with Crippen molar-refractivity contribution in [3.8, 4) is 10.6 Å². The molecule has 6 nitrogen and oxygen atoms in total. The van der Waals surface area contributed by atoms with Gasteiger partial charge in [-0.05, 0) is 49.2 Å². The normalized spacial score (nSPS) is 12.4. The van der Waals surface area contributed by atoms with Crippen molar-refractivity contribution >= 4 is 39.0 Å². The molecule has 4 N–H and O–H groups in total. The maximum atomic E-state index is 6.23. The smallest absolute Gasteiger partial charge is 0.206 e. The molecule has 2 aromatic heterocycles. The molecule has 2 aromatic carbocycles. The molecule has 4 rings (SSSR count). The van der Waals surface area contributed by atoms with Gasteiger partial charge in [0.15, 0.2) is 0 Å². The first-order chi connectivity index (χ1) is 13.1. The Hall–Kier alpha value is -2.48. The van der Waals surface area contributed by atoms with Crippen LogP contribution in [0.4, 0.5) is 5.13 Å². The predicted octanol–water partition coefficient (Wildman–Crippen LogP) is 4.03. The van der Waals surface area contributed by atoms with E-state index in [1.165, 1.54) is 11.3 Å². The standard InChI is InChI=1S/C19H19ClN6S/c1-11-16-9-13(4-7-17(16)24-23-11)18-25-26-19(27-18)22-10-15(21)8-12-2-5-14(20)6-3-12/h2-7,9,15H,8,10,21H2,1H3,(H,22,26)(H,23,24)/t15-/m0/s1. The maximum absolute atomic E-state index is 6.23. The van der Waals surface area contributed by atoms with E-state index < -0.39 is 0 Å². The molecule has 27 heavy (non-hydrogen) atoms. The second kappa shape index (κ2) is 7.64. The van der Waals surface area contributed by atoms with E-state index in [1.54, 1.807) is 0 Å². The Morgan fingerprint density at radius 3 is 2.81 bits per heavy atom. The molecule has 0 bridgehead atoms. The fourth-order valence-corrected chi connectivity index (χ4v) is 3.77. The van der Waals surface area contributed by atoms with Crippen LogP contribution in [0.25, 0.3) is 21.5 Å². The third-order valence-electron chi connectivity index (χ3n) is 4.34. The van der Waals surface area contributed by atoms with Gasteiger partial charge >= 0.3 is 0 Å². The Bertz CT molecular complexity index is 1060. The average molecular weight is 399 g/mol. The van der Waals surface area contributed by atoms with E-state index >= 15 is 0 Å². The lowest BCUT2D eigenvalue weighted by Crippen LogP contribution is -2.31. The highest BCUT2D eigenvalue weighted by Gasteiger charge is 2.11.